The fourth-order valence-electron chi connectivity index (χ4n) is 1.40. The SMILES string of the molecule is COCCCC(Nc1nccnc1C)C(=O)O. The van der Waals surface area contributed by atoms with Gasteiger partial charge in [0, 0.05) is 26.1 Å². The van der Waals surface area contributed by atoms with E-state index in [4.69, 9.17) is 9.84 Å². The molecule has 1 aromatic rings. The summed E-state index contributed by atoms with van der Waals surface area (Å²) in [4.78, 5) is 19.2. The molecule has 0 fully saturated rings. The number of nitrogens with zero attached hydrogens (tertiary/aromatic N) is 2. The van der Waals surface area contributed by atoms with E-state index in [-0.39, 0.29) is 0 Å². The van der Waals surface area contributed by atoms with Crippen LogP contribution in [-0.2, 0) is 9.53 Å². The van der Waals surface area contributed by atoms with Crippen LogP contribution in [-0.4, -0.2) is 40.8 Å². The molecule has 0 aliphatic heterocycles. The first-order valence-electron chi connectivity index (χ1n) is 5.41. The maximum atomic E-state index is 11.1. The number of aryl methyl sites for hydroxylation is 1. The summed E-state index contributed by atoms with van der Waals surface area (Å²) >= 11 is 0. The minimum atomic E-state index is -0.897. The number of methoxy groups -OCH3 is 1. The Bertz CT molecular complexity index is 371. The van der Waals surface area contributed by atoms with E-state index in [2.05, 4.69) is 15.3 Å². The van der Waals surface area contributed by atoms with Crippen molar-refractivity contribution in [2.75, 3.05) is 19.0 Å². The largest absolute Gasteiger partial charge is 0.480 e. The second-order valence-electron chi connectivity index (χ2n) is 3.66. The molecule has 1 rings (SSSR count). The second-order valence-corrected chi connectivity index (χ2v) is 3.66. The topological polar surface area (TPSA) is 84.3 Å². The van der Waals surface area contributed by atoms with Crippen LogP contribution in [0.5, 0.6) is 0 Å². The number of aliphatic carboxylic acids is 1. The maximum absolute atomic E-state index is 11.1. The molecule has 94 valence electrons. The zero-order chi connectivity index (χ0) is 12.7. The van der Waals surface area contributed by atoms with Gasteiger partial charge in [0.15, 0.2) is 0 Å². The van der Waals surface area contributed by atoms with Crippen LogP contribution in [0.25, 0.3) is 0 Å². The third-order valence-electron chi connectivity index (χ3n) is 2.33. The van der Waals surface area contributed by atoms with Crippen molar-refractivity contribution < 1.29 is 14.6 Å². The van der Waals surface area contributed by atoms with Gasteiger partial charge in [0.25, 0.3) is 0 Å². The second kappa shape index (κ2) is 6.80. The molecule has 0 saturated heterocycles. The van der Waals surface area contributed by atoms with E-state index in [1.165, 1.54) is 6.20 Å². The smallest absolute Gasteiger partial charge is 0.326 e. The van der Waals surface area contributed by atoms with Crippen molar-refractivity contribution in [3.05, 3.63) is 18.1 Å². The fourth-order valence-corrected chi connectivity index (χ4v) is 1.40. The number of carboxylic acids is 1. The highest BCUT2D eigenvalue weighted by molar-refractivity contribution is 5.76. The molecule has 6 heteroatoms. The van der Waals surface area contributed by atoms with Gasteiger partial charge in [-0.25, -0.2) is 9.78 Å². The van der Waals surface area contributed by atoms with E-state index in [9.17, 15) is 4.79 Å². The summed E-state index contributed by atoms with van der Waals surface area (Å²) in [6, 6.07) is -0.666. The van der Waals surface area contributed by atoms with Crippen molar-refractivity contribution >= 4 is 11.8 Å². The highest BCUT2D eigenvalue weighted by atomic mass is 16.5. The predicted octanol–water partition coefficient (Wildman–Crippen LogP) is 1.08. The van der Waals surface area contributed by atoms with Gasteiger partial charge in [-0.3, -0.25) is 4.98 Å². The van der Waals surface area contributed by atoms with Gasteiger partial charge in [-0.05, 0) is 19.8 Å². The van der Waals surface area contributed by atoms with Crippen molar-refractivity contribution in [2.45, 2.75) is 25.8 Å². The molecule has 17 heavy (non-hydrogen) atoms. The van der Waals surface area contributed by atoms with Gasteiger partial charge >= 0.3 is 5.97 Å². The van der Waals surface area contributed by atoms with Crippen molar-refractivity contribution in [2.24, 2.45) is 0 Å². The Morgan fingerprint density at radius 1 is 1.53 bits per heavy atom. The average Bonchev–Trinajstić information content (AvgIpc) is 2.30. The van der Waals surface area contributed by atoms with Crippen LogP contribution in [0.4, 0.5) is 5.82 Å². The Morgan fingerprint density at radius 3 is 2.82 bits per heavy atom. The third-order valence-corrected chi connectivity index (χ3v) is 2.33. The maximum Gasteiger partial charge on any atom is 0.326 e. The number of ether oxygens (including phenoxy) is 1. The van der Waals surface area contributed by atoms with Crippen LogP contribution in [0, 0.1) is 6.92 Å². The summed E-state index contributed by atoms with van der Waals surface area (Å²) in [6.45, 7) is 2.33. The number of aromatic nitrogens is 2. The summed E-state index contributed by atoms with van der Waals surface area (Å²) < 4.78 is 4.90. The summed E-state index contributed by atoms with van der Waals surface area (Å²) in [7, 11) is 1.59. The van der Waals surface area contributed by atoms with E-state index in [0.29, 0.717) is 31.0 Å². The molecule has 1 aromatic heterocycles. The van der Waals surface area contributed by atoms with Gasteiger partial charge in [-0.1, -0.05) is 0 Å². The molecule has 0 saturated carbocycles. The first kappa shape index (κ1) is 13.4. The summed E-state index contributed by atoms with van der Waals surface area (Å²) in [6.07, 6.45) is 4.27. The molecule has 0 aliphatic rings. The number of hydrogen-bond donors (Lipinski definition) is 2. The fraction of sp³-hybridized carbons (Fsp3) is 0.545. The average molecular weight is 239 g/mol. The number of carboxylic acid groups (broad SMARTS) is 1. The molecule has 0 amide bonds. The molecule has 2 N–H and O–H groups in total. The quantitative estimate of drug-likeness (QED) is 0.692. The summed E-state index contributed by atoms with van der Waals surface area (Å²) in [5.41, 5.74) is 0.686. The Kier molecular flexibility index (Phi) is 5.35. The number of nitrogens with one attached hydrogen (secondary N) is 1. The number of rotatable bonds is 7. The van der Waals surface area contributed by atoms with E-state index in [1.54, 1.807) is 20.2 Å². The summed E-state index contributed by atoms with van der Waals surface area (Å²) in [5, 5.41) is 12.0. The van der Waals surface area contributed by atoms with Crippen molar-refractivity contribution in [3.63, 3.8) is 0 Å². The lowest BCUT2D eigenvalue weighted by molar-refractivity contribution is -0.138. The molecule has 6 nitrogen and oxygen atoms in total. The summed E-state index contributed by atoms with van der Waals surface area (Å²) in [5.74, 6) is -0.386. The van der Waals surface area contributed by atoms with Gasteiger partial charge in [-0.2, -0.15) is 0 Å². The number of carbonyl (C=O) groups is 1. The van der Waals surface area contributed by atoms with E-state index in [0.717, 1.165) is 0 Å². The molecule has 0 radical (unpaired) electrons. The van der Waals surface area contributed by atoms with Crippen LogP contribution < -0.4 is 5.32 Å². The van der Waals surface area contributed by atoms with E-state index >= 15 is 0 Å². The monoisotopic (exact) mass is 239 g/mol. The minimum absolute atomic E-state index is 0.485. The normalized spacial score (nSPS) is 12.1. The highest BCUT2D eigenvalue weighted by Crippen LogP contribution is 2.11. The molecule has 1 unspecified atom stereocenters. The Balaban J connectivity index is 2.61. The lowest BCUT2D eigenvalue weighted by Crippen LogP contribution is -2.30. The zero-order valence-electron chi connectivity index (χ0n) is 10.0. The molecule has 1 heterocycles. The van der Waals surface area contributed by atoms with Gasteiger partial charge in [0.1, 0.15) is 11.9 Å². The standard InChI is InChI=1S/C11H17N3O3/c1-8-10(13-6-5-12-8)14-9(11(15)16)4-3-7-17-2/h5-6,9H,3-4,7H2,1-2H3,(H,13,14)(H,15,16). The van der Waals surface area contributed by atoms with Crippen LogP contribution >= 0.6 is 0 Å². The van der Waals surface area contributed by atoms with Crippen molar-refractivity contribution in [1.29, 1.82) is 0 Å². The molecular weight excluding hydrogens is 222 g/mol. The first-order valence-corrected chi connectivity index (χ1v) is 5.41. The lowest BCUT2D eigenvalue weighted by Gasteiger charge is -2.15. The van der Waals surface area contributed by atoms with Gasteiger partial charge in [-0.15, -0.1) is 0 Å². The molecule has 0 aliphatic carbocycles. The van der Waals surface area contributed by atoms with Gasteiger partial charge < -0.3 is 15.2 Å². The highest BCUT2D eigenvalue weighted by Gasteiger charge is 2.18. The van der Waals surface area contributed by atoms with E-state index in [1.807, 2.05) is 0 Å². The van der Waals surface area contributed by atoms with Crippen molar-refractivity contribution in [1.82, 2.24) is 9.97 Å². The van der Waals surface area contributed by atoms with Gasteiger partial charge in [0.2, 0.25) is 0 Å². The first-order chi connectivity index (χ1) is 8.15. The van der Waals surface area contributed by atoms with Crippen LogP contribution in [0.1, 0.15) is 18.5 Å². The molecule has 0 bridgehead atoms. The Hall–Kier alpha value is -1.69. The van der Waals surface area contributed by atoms with Gasteiger partial charge in [0.05, 0.1) is 5.69 Å². The van der Waals surface area contributed by atoms with Crippen molar-refractivity contribution in [3.8, 4) is 0 Å². The Morgan fingerprint density at radius 2 is 2.24 bits per heavy atom. The number of anilines is 1. The van der Waals surface area contributed by atoms with Crippen LogP contribution in [0.2, 0.25) is 0 Å². The van der Waals surface area contributed by atoms with Crippen LogP contribution in [0.15, 0.2) is 12.4 Å². The van der Waals surface area contributed by atoms with E-state index < -0.39 is 12.0 Å². The Labute approximate surface area is 100 Å². The molecule has 0 spiro atoms. The van der Waals surface area contributed by atoms with Crippen LogP contribution in [0.3, 0.4) is 0 Å². The predicted molar refractivity (Wildman–Crippen MR) is 62.9 cm³/mol. The molecular formula is C11H17N3O3. The number of hydrogen-bond acceptors (Lipinski definition) is 5. The molecule has 1 atom stereocenters. The molecule has 0 aromatic carbocycles. The zero-order valence-corrected chi connectivity index (χ0v) is 10.0. The lowest BCUT2D eigenvalue weighted by atomic mass is 10.1. The third kappa shape index (κ3) is 4.36. The minimum Gasteiger partial charge on any atom is -0.480 e.